The highest BCUT2D eigenvalue weighted by Gasteiger charge is 2.28. The maximum atomic E-state index is 12.1. The summed E-state index contributed by atoms with van der Waals surface area (Å²) < 4.78 is 26.5. The molecule has 106 valence electrons. The van der Waals surface area contributed by atoms with Gasteiger partial charge in [-0.3, -0.25) is 10.1 Å². The van der Waals surface area contributed by atoms with E-state index in [1.165, 1.54) is 12.1 Å². The Morgan fingerprint density at radius 3 is 2.42 bits per heavy atom. The Kier molecular flexibility index (Phi) is 4.98. The van der Waals surface area contributed by atoms with Gasteiger partial charge in [0.1, 0.15) is 0 Å². The molecule has 0 saturated heterocycles. The predicted molar refractivity (Wildman–Crippen MR) is 69.1 cm³/mol. The van der Waals surface area contributed by atoms with E-state index >= 15 is 0 Å². The largest absolute Gasteiger partial charge is 0.395 e. The number of rotatable bonds is 6. The summed E-state index contributed by atoms with van der Waals surface area (Å²) in [6.07, 6.45) is 0. The van der Waals surface area contributed by atoms with Gasteiger partial charge in [-0.15, -0.1) is 0 Å². The molecule has 1 rings (SSSR count). The summed E-state index contributed by atoms with van der Waals surface area (Å²) in [5, 5.41) is 19.9. The molecule has 0 amide bonds. The number of hydrogen-bond acceptors (Lipinski definition) is 5. The van der Waals surface area contributed by atoms with Crippen molar-refractivity contribution in [3.63, 3.8) is 0 Å². The van der Waals surface area contributed by atoms with Crippen molar-refractivity contribution >= 4 is 15.7 Å². The fourth-order valence-corrected chi connectivity index (χ4v) is 3.03. The highest BCUT2D eigenvalue weighted by Crippen LogP contribution is 2.23. The van der Waals surface area contributed by atoms with Crippen molar-refractivity contribution in [1.82, 2.24) is 4.72 Å². The second-order valence-corrected chi connectivity index (χ2v) is 6.06. The van der Waals surface area contributed by atoms with E-state index in [2.05, 4.69) is 4.72 Å². The highest BCUT2D eigenvalue weighted by molar-refractivity contribution is 7.89. The Hall–Kier alpha value is -1.51. The van der Waals surface area contributed by atoms with Gasteiger partial charge in [-0.25, -0.2) is 13.1 Å². The molecule has 0 radical (unpaired) electrons. The molecule has 0 bridgehead atoms. The summed E-state index contributed by atoms with van der Waals surface area (Å²) in [7, 11) is -4.04. The molecule has 0 aliphatic heterocycles. The Morgan fingerprint density at radius 1 is 1.37 bits per heavy atom. The van der Waals surface area contributed by atoms with Gasteiger partial charge in [-0.2, -0.15) is 0 Å². The molecule has 0 spiro atoms. The SMILES string of the molecule is CC(C)[C@@H](CO)NS(=O)(=O)c1ccccc1[N+](=O)[O-]. The van der Waals surface area contributed by atoms with Crippen LogP contribution in [0.5, 0.6) is 0 Å². The molecule has 0 aromatic heterocycles. The summed E-state index contributed by atoms with van der Waals surface area (Å²) in [4.78, 5) is 9.67. The minimum Gasteiger partial charge on any atom is -0.395 e. The van der Waals surface area contributed by atoms with Crippen LogP contribution in [-0.2, 0) is 10.0 Å². The lowest BCUT2D eigenvalue weighted by molar-refractivity contribution is -0.387. The van der Waals surface area contributed by atoms with Crippen LogP contribution in [0.4, 0.5) is 5.69 Å². The number of nitrogens with zero attached hydrogens (tertiary/aromatic N) is 1. The number of aliphatic hydroxyl groups is 1. The number of nitro benzene ring substituents is 1. The molecule has 1 aromatic rings. The third-order valence-corrected chi connectivity index (χ3v) is 4.20. The van der Waals surface area contributed by atoms with E-state index < -0.39 is 31.6 Å². The number of hydrogen-bond donors (Lipinski definition) is 2. The van der Waals surface area contributed by atoms with Gasteiger partial charge in [0.05, 0.1) is 11.5 Å². The van der Waals surface area contributed by atoms with Crippen molar-refractivity contribution in [3.8, 4) is 0 Å². The van der Waals surface area contributed by atoms with Crippen molar-refractivity contribution in [2.45, 2.75) is 24.8 Å². The van der Waals surface area contributed by atoms with E-state index in [1.54, 1.807) is 13.8 Å². The molecule has 2 N–H and O–H groups in total. The van der Waals surface area contributed by atoms with E-state index in [-0.39, 0.29) is 12.5 Å². The summed E-state index contributed by atoms with van der Waals surface area (Å²) in [5.41, 5.74) is -0.490. The van der Waals surface area contributed by atoms with Crippen molar-refractivity contribution < 1.29 is 18.4 Å². The fourth-order valence-electron chi connectivity index (χ4n) is 1.48. The molecular formula is C11H16N2O5S. The van der Waals surface area contributed by atoms with Crippen molar-refractivity contribution in [2.24, 2.45) is 5.92 Å². The average Bonchev–Trinajstić information content (AvgIpc) is 2.35. The summed E-state index contributed by atoms with van der Waals surface area (Å²) in [6.45, 7) is 3.10. The first kappa shape index (κ1) is 15.5. The first-order valence-corrected chi connectivity index (χ1v) is 7.14. The Morgan fingerprint density at radius 2 is 1.95 bits per heavy atom. The van der Waals surface area contributed by atoms with Crippen LogP contribution >= 0.6 is 0 Å². The lowest BCUT2D eigenvalue weighted by Gasteiger charge is -2.19. The molecule has 1 atom stereocenters. The molecule has 0 heterocycles. The smallest absolute Gasteiger partial charge is 0.289 e. The maximum absolute atomic E-state index is 12.1. The number of para-hydroxylation sites is 1. The van der Waals surface area contributed by atoms with Crippen LogP contribution in [0, 0.1) is 16.0 Å². The number of sulfonamides is 1. The predicted octanol–water partition coefficient (Wildman–Crippen LogP) is 0.890. The topological polar surface area (TPSA) is 110 Å². The van der Waals surface area contributed by atoms with Crippen molar-refractivity contribution in [3.05, 3.63) is 34.4 Å². The Balaban J connectivity index is 3.17. The van der Waals surface area contributed by atoms with Gasteiger partial charge in [0, 0.05) is 12.1 Å². The Labute approximate surface area is 111 Å². The monoisotopic (exact) mass is 288 g/mol. The molecular weight excluding hydrogens is 272 g/mol. The van der Waals surface area contributed by atoms with Gasteiger partial charge in [-0.05, 0) is 12.0 Å². The fraction of sp³-hybridized carbons (Fsp3) is 0.455. The minimum absolute atomic E-state index is 0.137. The van der Waals surface area contributed by atoms with Crippen LogP contribution in [0.25, 0.3) is 0 Å². The minimum atomic E-state index is -4.04. The lowest BCUT2D eigenvalue weighted by Crippen LogP contribution is -2.41. The molecule has 19 heavy (non-hydrogen) atoms. The lowest BCUT2D eigenvalue weighted by atomic mass is 10.1. The van der Waals surface area contributed by atoms with Gasteiger partial charge >= 0.3 is 0 Å². The van der Waals surface area contributed by atoms with E-state index in [4.69, 9.17) is 5.11 Å². The van der Waals surface area contributed by atoms with E-state index in [0.717, 1.165) is 12.1 Å². The number of benzene rings is 1. The van der Waals surface area contributed by atoms with Crippen LogP contribution in [0.2, 0.25) is 0 Å². The average molecular weight is 288 g/mol. The first-order chi connectivity index (χ1) is 8.79. The van der Waals surface area contributed by atoms with Crippen molar-refractivity contribution in [1.29, 1.82) is 0 Å². The van der Waals surface area contributed by atoms with Crippen LogP contribution in [0.1, 0.15) is 13.8 Å². The standard InChI is InChI=1S/C11H16N2O5S/c1-8(2)9(7-14)12-19(17,18)11-6-4-3-5-10(11)13(15)16/h3-6,8-9,12,14H,7H2,1-2H3/t9-/m1/s1. The zero-order valence-electron chi connectivity index (χ0n) is 10.6. The maximum Gasteiger partial charge on any atom is 0.289 e. The van der Waals surface area contributed by atoms with Gasteiger partial charge in [-0.1, -0.05) is 26.0 Å². The van der Waals surface area contributed by atoms with E-state index in [0.29, 0.717) is 0 Å². The highest BCUT2D eigenvalue weighted by atomic mass is 32.2. The second kappa shape index (κ2) is 6.09. The zero-order chi connectivity index (χ0) is 14.6. The second-order valence-electron chi connectivity index (χ2n) is 4.38. The quantitative estimate of drug-likeness (QED) is 0.596. The summed E-state index contributed by atoms with van der Waals surface area (Å²) in [5.74, 6) is -0.137. The first-order valence-electron chi connectivity index (χ1n) is 5.66. The molecule has 0 aliphatic carbocycles. The van der Waals surface area contributed by atoms with Crippen LogP contribution < -0.4 is 4.72 Å². The third kappa shape index (κ3) is 3.72. The molecule has 1 aromatic carbocycles. The molecule has 8 heteroatoms. The Bertz CT molecular complexity index is 556. The van der Waals surface area contributed by atoms with E-state index in [9.17, 15) is 18.5 Å². The molecule has 0 saturated carbocycles. The summed E-state index contributed by atoms with van der Waals surface area (Å²) >= 11 is 0. The van der Waals surface area contributed by atoms with E-state index in [1.807, 2.05) is 0 Å². The van der Waals surface area contributed by atoms with Gasteiger partial charge in [0.2, 0.25) is 10.0 Å². The van der Waals surface area contributed by atoms with Crippen LogP contribution in [0.15, 0.2) is 29.2 Å². The zero-order valence-corrected chi connectivity index (χ0v) is 11.4. The molecule has 7 nitrogen and oxygen atoms in total. The summed E-state index contributed by atoms with van der Waals surface area (Å²) in [6, 6.07) is 4.39. The molecule has 0 aliphatic rings. The number of nitrogens with one attached hydrogen (secondary N) is 1. The normalized spacial score (nSPS) is 13.5. The van der Waals surface area contributed by atoms with Crippen LogP contribution in [0.3, 0.4) is 0 Å². The molecule has 0 fully saturated rings. The number of aliphatic hydroxyl groups excluding tert-OH is 1. The third-order valence-electron chi connectivity index (χ3n) is 2.66. The molecule has 0 unspecified atom stereocenters. The van der Waals surface area contributed by atoms with Crippen LogP contribution in [-0.4, -0.2) is 31.1 Å². The van der Waals surface area contributed by atoms with Gasteiger partial charge in [0.25, 0.3) is 5.69 Å². The number of nitro groups is 1. The van der Waals surface area contributed by atoms with Gasteiger partial charge < -0.3 is 5.11 Å². The van der Waals surface area contributed by atoms with Gasteiger partial charge in [0.15, 0.2) is 4.90 Å². The van der Waals surface area contributed by atoms with Crippen molar-refractivity contribution in [2.75, 3.05) is 6.61 Å².